The molecule has 4 aliphatic carbocycles. The van der Waals surface area contributed by atoms with E-state index in [4.69, 9.17) is 9.47 Å². The summed E-state index contributed by atoms with van der Waals surface area (Å²) in [6, 6.07) is 0. The molecule has 1 heterocycles. The van der Waals surface area contributed by atoms with Crippen LogP contribution in [0.5, 0.6) is 0 Å². The lowest BCUT2D eigenvalue weighted by molar-refractivity contribution is -0.317. The Labute approximate surface area is 255 Å². The second-order valence-electron chi connectivity index (χ2n) is 15.4. The van der Waals surface area contributed by atoms with Crippen LogP contribution in [0.3, 0.4) is 0 Å². The summed E-state index contributed by atoms with van der Waals surface area (Å²) >= 11 is 0. The molecule has 0 aromatic rings. The van der Waals surface area contributed by atoms with Gasteiger partial charge in [0.15, 0.2) is 12.1 Å². The van der Waals surface area contributed by atoms with E-state index in [0.29, 0.717) is 31.6 Å². The third-order valence-electron chi connectivity index (χ3n) is 12.6. The molecule has 15 atom stereocenters. The summed E-state index contributed by atoms with van der Waals surface area (Å²) in [6.45, 7) is 9.96. The number of hydrogen-bond acceptors (Lipinski definition) is 10. The number of carbonyl (C=O) groups excluding carboxylic acids is 1. The zero-order valence-corrected chi connectivity index (χ0v) is 26.3. The lowest BCUT2D eigenvalue weighted by atomic mass is 9.46. The van der Waals surface area contributed by atoms with E-state index in [1.807, 2.05) is 6.92 Å². The van der Waals surface area contributed by atoms with Crippen LogP contribution in [0.15, 0.2) is 11.6 Å². The Bertz CT molecular complexity index is 1060. The smallest absolute Gasteiger partial charge is 0.186 e. The molecule has 1 aliphatic heterocycles. The molecule has 43 heavy (non-hydrogen) atoms. The van der Waals surface area contributed by atoms with E-state index in [1.54, 1.807) is 6.08 Å². The molecule has 1 saturated heterocycles. The summed E-state index contributed by atoms with van der Waals surface area (Å²) in [4.78, 5) is 13.5. The quantitative estimate of drug-likeness (QED) is 0.213. The highest BCUT2D eigenvalue weighted by Gasteiger charge is 2.67. The van der Waals surface area contributed by atoms with E-state index in [1.165, 1.54) is 0 Å². The van der Waals surface area contributed by atoms with Crippen LogP contribution < -0.4 is 0 Å². The Morgan fingerprint density at radius 1 is 0.953 bits per heavy atom. The minimum atomic E-state index is -1.53. The third-order valence-corrected chi connectivity index (χ3v) is 12.6. The van der Waals surface area contributed by atoms with Gasteiger partial charge in [-0.15, -0.1) is 0 Å². The van der Waals surface area contributed by atoms with E-state index in [-0.39, 0.29) is 35.9 Å². The zero-order chi connectivity index (χ0) is 31.6. The van der Waals surface area contributed by atoms with Gasteiger partial charge in [-0.3, -0.25) is 4.79 Å². The molecule has 4 fully saturated rings. The first-order chi connectivity index (χ1) is 20.1. The van der Waals surface area contributed by atoms with Gasteiger partial charge in [0.2, 0.25) is 0 Å². The molecule has 10 nitrogen and oxygen atoms in total. The van der Waals surface area contributed by atoms with Gasteiger partial charge in [0.1, 0.15) is 24.4 Å². The molecule has 5 aliphatic rings. The van der Waals surface area contributed by atoms with Gasteiger partial charge in [-0.25, -0.2) is 0 Å². The highest BCUT2D eigenvalue weighted by molar-refractivity contribution is 5.95. The van der Waals surface area contributed by atoms with E-state index in [2.05, 4.69) is 27.7 Å². The fraction of sp³-hybridized carbons (Fsp3) is 0.909. The van der Waals surface area contributed by atoms with Crippen molar-refractivity contribution in [1.82, 2.24) is 0 Å². The van der Waals surface area contributed by atoms with Crippen molar-refractivity contribution in [2.24, 2.45) is 40.4 Å². The van der Waals surface area contributed by atoms with Gasteiger partial charge >= 0.3 is 0 Å². The average molecular weight is 611 g/mol. The van der Waals surface area contributed by atoms with Crippen molar-refractivity contribution in [2.45, 2.75) is 141 Å². The maximum Gasteiger partial charge on any atom is 0.186 e. The van der Waals surface area contributed by atoms with Crippen LogP contribution in [0, 0.1) is 40.4 Å². The molecule has 246 valence electrons. The summed E-state index contributed by atoms with van der Waals surface area (Å²) in [5.41, 5.74) is -1.52. The van der Waals surface area contributed by atoms with Crippen LogP contribution in [0.25, 0.3) is 0 Å². The molecule has 2 unspecified atom stereocenters. The SMILES string of the molecule is CC(C)CC[C@@H](O[C@@H]1O[C@H](CO)[C@@H](O)[C@H](O)[C@H]1O)[C@@H](C)C1CC[C@@]2(O)C3=CC(=O)[C@@H]4C[C@@H](O)[C@@H](O)C[C@]4(C)C3CC[C@]12C. The number of carbonyl (C=O) groups is 1. The van der Waals surface area contributed by atoms with Crippen molar-refractivity contribution in [2.75, 3.05) is 6.61 Å². The maximum atomic E-state index is 13.5. The first-order valence-electron chi connectivity index (χ1n) is 16.4. The number of ketones is 1. The number of rotatable bonds is 8. The van der Waals surface area contributed by atoms with Gasteiger partial charge in [-0.1, -0.05) is 34.6 Å². The first kappa shape index (κ1) is 33.4. The van der Waals surface area contributed by atoms with Gasteiger partial charge in [0.05, 0.1) is 30.5 Å². The van der Waals surface area contributed by atoms with Crippen LogP contribution in [0.1, 0.15) is 86.0 Å². The molecule has 7 N–H and O–H groups in total. The minimum absolute atomic E-state index is 0.0146. The predicted molar refractivity (Wildman–Crippen MR) is 156 cm³/mol. The molecule has 5 rings (SSSR count). The number of allylic oxidation sites excluding steroid dienone is 1. The van der Waals surface area contributed by atoms with Crippen molar-refractivity contribution in [3.63, 3.8) is 0 Å². The number of ether oxygens (including phenoxy) is 2. The first-order valence-corrected chi connectivity index (χ1v) is 16.4. The number of hydrogen-bond donors (Lipinski definition) is 7. The van der Waals surface area contributed by atoms with Crippen LogP contribution in [0.2, 0.25) is 0 Å². The number of aliphatic hydroxyl groups excluding tert-OH is 6. The Balaban J connectivity index is 1.42. The van der Waals surface area contributed by atoms with Gasteiger partial charge in [0.25, 0.3) is 0 Å². The van der Waals surface area contributed by atoms with E-state index in [0.717, 1.165) is 24.8 Å². The van der Waals surface area contributed by atoms with E-state index >= 15 is 0 Å². The highest BCUT2D eigenvalue weighted by atomic mass is 16.7. The van der Waals surface area contributed by atoms with Crippen LogP contribution in [-0.2, 0) is 14.3 Å². The Morgan fingerprint density at radius 3 is 2.30 bits per heavy atom. The van der Waals surface area contributed by atoms with Crippen molar-refractivity contribution in [3.8, 4) is 0 Å². The van der Waals surface area contributed by atoms with Crippen molar-refractivity contribution >= 4 is 5.78 Å². The lowest BCUT2D eigenvalue weighted by Crippen LogP contribution is -2.61. The molecule has 0 amide bonds. The van der Waals surface area contributed by atoms with Gasteiger partial charge in [0, 0.05) is 11.3 Å². The van der Waals surface area contributed by atoms with Crippen LogP contribution >= 0.6 is 0 Å². The van der Waals surface area contributed by atoms with Crippen LogP contribution in [0.4, 0.5) is 0 Å². The Hall–Kier alpha value is -0.950. The summed E-state index contributed by atoms with van der Waals surface area (Å²) in [7, 11) is 0. The van der Waals surface area contributed by atoms with Gasteiger partial charge in [-0.2, -0.15) is 0 Å². The van der Waals surface area contributed by atoms with Crippen LogP contribution in [-0.4, -0.2) is 103 Å². The topological polar surface area (TPSA) is 177 Å². The monoisotopic (exact) mass is 610 g/mol. The summed E-state index contributed by atoms with van der Waals surface area (Å²) in [5, 5.41) is 74.6. The van der Waals surface area contributed by atoms with E-state index in [9.17, 15) is 40.5 Å². The lowest BCUT2D eigenvalue weighted by Gasteiger charge is -2.60. The Kier molecular flexibility index (Phi) is 9.33. The fourth-order valence-corrected chi connectivity index (χ4v) is 9.82. The Morgan fingerprint density at radius 2 is 1.65 bits per heavy atom. The third kappa shape index (κ3) is 5.36. The highest BCUT2D eigenvalue weighted by Crippen LogP contribution is 2.68. The van der Waals surface area contributed by atoms with Crippen molar-refractivity contribution in [1.29, 1.82) is 0 Å². The molecule has 0 aromatic carbocycles. The molecule has 0 radical (unpaired) electrons. The second-order valence-corrected chi connectivity index (χ2v) is 15.4. The molecule has 0 spiro atoms. The number of fused-ring (bicyclic) bond motifs is 5. The number of aliphatic hydroxyl groups is 7. The fourth-order valence-electron chi connectivity index (χ4n) is 9.82. The molecule has 3 saturated carbocycles. The minimum Gasteiger partial charge on any atom is -0.394 e. The average Bonchev–Trinajstić information content (AvgIpc) is 3.23. The van der Waals surface area contributed by atoms with E-state index < -0.39 is 72.1 Å². The molecular formula is C33H54O10. The summed E-state index contributed by atoms with van der Waals surface area (Å²) in [6.07, 6.45) is -2.57. The maximum absolute atomic E-state index is 13.5. The summed E-state index contributed by atoms with van der Waals surface area (Å²) < 4.78 is 12.1. The zero-order valence-electron chi connectivity index (χ0n) is 26.3. The molecule has 0 aromatic heterocycles. The van der Waals surface area contributed by atoms with Crippen molar-refractivity contribution < 1.29 is 50.0 Å². The molecule has 0 bridgehead atoms. The second kappa shape index (κ2) is 12.0. The standard InChI is InChI=1S/C33H54O10/c1-16(2)6-7-25(42-30-29(40)28(39)27(38)26(15-34)43-30)17(3)18-9-11-33(41)20-12-22(35)21-13-23(36)24(37)14-31(21,4)19(20)8-10-32(18,33)5/h12,16-19,21,23-30,34,36-41H,6-11,13-15H2,1-5H3/t17-,18?,19?,21-,23+,24-,25+,26+,27+,28-,29+,30+,31+,32+,33+/m0/s1. The predicted octanol–water partition coefficient (Wildman–Crippen LogP) is 1.45. The van der Waals surface area contributed by atoms with Crippen molar-refractivity contribution in [3.05, 3.63) is 11.6 Å². The molecular weight excluding hydrogens is 556 g/mol. The normalized spacial score (nSPS) is 49.6. The largest absolute Gasteiger partial charge is 0.394 e. The summed E-state index contributed by atoms with van der Waals surface area (Å²) in [5.74, 6) is -0.203. The van der Waals surface area contributed by atoms with Gasteiger partial charge < -0.3 is 45.2 Å². The molecule has 10 heteroatoms. The van der Waals surface area contributed by atoms with Gasteiger partial charge in [-0.05, 0) is 92.1 Å².